The van der Waals surface area contributed by atoms with Crippen LogP contribution in [0.5, 0.6) is 0 Å². The molecule has 1 aromatic carbocycles. The fourth-order valence-electron chi connectivity index (χ4n) is 4.13. The second kappa shape index (κ2) is 8.22. The standard InChI is InChI=1S/C24H25N5O/c30-24(17-6-4-7-17)29-13-11-19(16-29)23-27-21(18-8-5-12-25-15-18)14-22(28-23)26-20-9-2-1-3-10-20/h1-3,5,8-10,12,14-15,17,19H,4,6-7,11,13,16H2,(H,26,27,28)/t19-/m0/s1. The highest BCUT2D eigenvalue weighted by Crippen LogP contribution is 2.33. The summed E-state index contributed by atoms with van der Waals surface area (Å²) >= 11 is 0. The van der Waals surface area contributed by atoms with Crippen LogP contribution >= 0.6 is 0 Å². The van der Waals surface area contributed by atoms with E-state index in [1.165, 1.54) is 6.42 Å². The van der Waals surface area contributed by atoms with Crippen LogP contribution in [-0.2, 0) is 4.79 Å². The molecule has 2 fully saturated rings. The third kappa shape index (κ3) is 3.90. The van der Waals surface area contributed by atoms with Crippen molar-refractivity contribution < 1.29 is 4.79 Å². The van der Waals surface area contributed by atoms with Crippen molar-refractivity contribution in [2.75, 3.05) is 18.4 Å². The van der Waals surface area contributed by atoms with Gasteiger partial charge >= 0.3 is 0 Å². The van der Waals surface area contributed by atoms with Gasteiger partial charge in [0.1, 0.15) is 11.6 Å². The molecule has 3 aromatic rings. The van der Waals surface area contributed by atoms with Crippen molar-refractivity contribution in [2.24, 2.45) is 5.92 Å². The molecule has 2 aliphatic rings. The number of rotatable bonds is 5. The largest absolute Gasteiger partial charge is 0.342 e. The number of benzene rings is 1. The summed E-state index contributed by atoms with van der Waals surface area (Å²) < 4.78 is 0. The van der Waals surface area contributed by atoms with Crippen LogP contribution in [0.25, 0.3) is 11.3 Å². The summed E-state index contributed by atoms with van der Waals surface area (Å²) in [4.78, 5) is 28.6. The number of hydrogen-bond donors (Lipinski definition) is 1. The Morgan fingerprint density at radius 3 is 2.63 bits per heavy atom. The molecule has 5 rings (SSSR count). The van der Waals surface area contributed by atoms with Gasteiger partial charge in [-0.05, 0) is 43.5 Å². The van der Waals surface area contributed by atoms with Crippen LogP contribution in [0.4, 0.5) is 11.5 Å². The molecular weight excluding hydrogens is 374 g/mol. The quantitative estimate of drug-likeness (QED) is 0.689. The third-order valence-corrected chi connectivity index (χ3v) is 6.07. The smallest absolute Gasteiger partial charge is 0.225 e. The van der Waals surface area contributed by atoms with Gasteiger partial charge in [0.15, 0.2) is 0 Å². The molecule has 0 spiro atoms. The summed E-state index contributed by atoms with van der Waals surface area (Å²) in [5.41, 5.74) is 2.78. The Morgan fingerprint density at radius 1 is 1.03 bits per heavy atom. The molecule has 6 nitrogen and oxygen atoms in total. The Balaban J connectivity index is 1.43. The molecule has 1 aliphatic heterocycles. The molecule has 30 heavy (non-hydrogen) atoms. The van der Waals surface area contributed by atoms with Crippen molar-refractivity contribution in [3.63, 3.8) is 0 Å². The van der Waals surface area contributed by atoms with Gasteiger partial charge in [0.25, 0.3) is 0 Å². The molecule has 1 N–H and O–H groups in total. The van der Waals surface area contributed by atoms with Gasteiger partial charge in [0.05, 0.1) is 5.69 Å². The van der Waals surface area contributed by atoms with Crippen LogP contribution in [0.15, 0.2) is 60.9 Å². The Kier molecular flexibility index (Phi) is 5.13. The zero-order valence-electron chi connectivity index (χ0n) is 16.9. The zero-order valence-corrected chi connectivity index (χ0v) is 16.9. The van der Waals surface area contributed by atoms with Crippen molar-refractivity contribution >= 4 is 17.4 Å². The summed E-state index contributed by atoms with van der Waals surface area (Å²) in [5.74, 6) is 2.26. The number of pyridine rings is 1. The van der Waals surface area contributed by atoms with E-state index in [4.69, 9.17) is 9.97 Å². The second-order valence-corrected chi connectivity index (χ2v) is 8.13. The molecule has 1 saturated heterocycles. The number of anilines is 2. The monoisotopic (exact) mass is 399 g/mol. The second-order valence-electron chi connectivity index (χ2n) is 8.13. The summed E-state index contributed by atoms with van der Waals surface area (Å²) in [6, 6.07) is 15.9. The molecule has 1 atom stereocenters. The molecule has 1 aliphatic carbocycles. The number of carbonyl (C=O) groups excluding carboxylic acids is 1. The predicted molar refractivity (Wildman–Crippen MR) is 116 cm³/mol. The van der Waals surface area contributed by atoms with Crippen LogP contribution in [0.2, 0.25) is 0 Å². The lowest BCUT2D eigenvalue weighted by molar-refractivity contribution is -0.137. The zero-order chi connectivity index (χ0) is 20.3. The molecule has 2 aromatic heterocycles. The summed E-state index contributed by atoms with van der Waals surface area (Å²) in [6.45, 7) is 1.50. The normalized spacial score (nSPS) is 18.8. The van der Waals surface area contributed by atoms with Gasteiger partial charge in [0, 0.05) is 54.6 Å². The SMILES string of the molecule is O=C(C1CCC1)N1CC[C@H](c2nc(Nc3ccccc3)cc(-c3cccnc3)n2)C1. The van der Waals surface area contributed by atoms with Crippen LogP contribution in [0, 0.1) is 5.92 Å². The average molecular weight is 399 g/mol. The number of hydrogen-bond acceptors (Lipinski definition) is 5. The van der Waals surface area contributed by atoms with Gasteiger partial charge in [-0.2, -0.15) is 0 Å². The molecule has 0 unspecified atom stereocenters. The average Bonchev–Trinajstić information content (AvgIpc) is 3.24. The number of likely N-dealkylation sites (tertiary alicyclic amines) is 1. The molecule has 152 valence electrons. The van der Waals surface area contributed by atoms with E-state index in [1.54, 1.807) is 6.20 Å². The highest BCUT2D eigenvalue weighted by atomic mass is 16.2. The molecule has 1 saturated carbocycles. The first-order valence-electron chi connectivity index (χ1n) is 10.7. The van der Waals surface area contributed by atoms with Crippen LogP contribution in [-0.4, -0.2) is 38.8 Å². The fraction of sp³-hybridized carbons (Fsp3) is 0.333. The number of nitrogens with zero attached hydrogens (tertiary/aromatic N) is 4. The van der Waals surface area contributed by atoms with Gasteiger partial charge in [0.2, 0.25) is 5.91 Å². The minimum Gasteiger partial charge on any atom is -0.342 e. The number of nitrogens with one attached hydrogen (secondary N) is 1. The first kappa shape index (κ1) is 18.7. The van der Waals surface area contributed by atoms with Crippen LogP contribution < -0.4 is 5.32 Å². The first-order valence-corrected chi connectivity index (χ1v) is 10.7. The number of aromatic nitrogens is 3. The van der Waals surface area contributed by atoms with Crippen molar-refractivity contribution in [3.8, 4) is 11.3 Å². The van der Waals surface area contributed by atoms with Gasteiger partial charge in [-0.15, -0.1) is 0 Å². The summed E-state index contributed by atoms with van der Waals surface area (Å²) in [7, 11) is 0. The van der Waals surface area contributed by atoms with Gasteiger partial charge in [-0.1, -0.05) is 24.6 Å². The van der Waals surface area contributed by atoms with Crippen LogP contribution in [0.3, 0.4) is 0 Å². The lowest BCUT2D eigenvalue weighted by Crippen LogP contribution is -2.37. The number of para-hydroxylation sites is 1. The topological polar surface area (TPSA) is 71.0 Å². The number of amides is 1. The van der Waals surface area contributed by atoms with Gasteiger partial charge in [-0.25, -0.2) is 9.97 Å². The minimum atomic E-state index is 0.155. The van der Waals surface area contributed by atoms with Crippen molar-refractivity contribution in [3.05, 3.63) is 66.7 Å². The Labute approximate surface area is 176 Å². The van der Waals surface area contributed by atoms with Crippen molar-refractivity contribution in [2.45, 2.75) is 31.6 Å². The molecule has 0 radical (unpaired) electrons. The maximum atomic E-state index is 12.7. The maximum absolute atomic E-state index is 12.7. The Morgan fingerprint density at radius 2 is 1.90 bits per heavy atom. The molecule has 1 amide bonds. The van der Waals surface area contributed by atoms with E-state index in [0.717, 1.165) is 54.4 Å². The van der Waals surface area contributed by atoms with E-state index >= 15 is 0 Å². The van der Waals surface area contributed by atoms with Crippen molar-refractivity contribution in [1.82, 2.24) is 19.9 Å². The van der Waals surface area contributed by atoms with E-state index in [9.17, 15) is 4.79 Å². The highest BCUT2D eigenvalue weighted by Gasteiger charge is 2.35. The lowest BCUT2D eigenvalue weighted by Gasteiger charge is -2.29. The van der Waals surface area contributed by atoms with E-state index in [-0.39, 0.29) is 11.8 Å². The predicted octanol–water partition coefficient (Wildman–Crippen LogP) is 4.40. The van der Waals surface area contributed by atoms with Gasteiger partial charge < -0.3 is 10.2 Å². The van der Waals surface area contributed by atoms with Gasteiger partial charge in [-0.3, -0.25) is 9.78 Å². The van der Waals surface area contributed by atoms with Crippen LogP contribution in [0.1, 0.15) is 37.4 Å². The van der Waals surface area contributed by atoms with E-state index in [1.807, 2.05) is 59.6 Å². The minimum absolute atomic E-state index is 0.155. The first-order chi connectivity index (χ1) is 14.8. The molecular formula is C24H25N5O. The van der Waals surface area contributed by atoms with E-state index in [0.29, 0.717) is 12.5 Å². The van der Waals surface area contributed by atoms with E-state index in [2.05, 4.69) is 10.3 Å². The lowest BCUT2D eigenvalue weighted by atomic mass is 9.84. The number of carbonyl (C=O) groups is 1. The maximum Gasteiger partial charge on any atom is 0.225 e. The molecule has 0 bridgehead atoms. The van der Waals surface area contributed by atoms with Crippen molar-refractivity contribution in [1.29, 1.82) is 0 Å². The summed E-state index contributed by atoms with van der Waals surface area (Å²) in [6.07, 6.45) is 7.74. The fourth-order valence-corrected chi connectivity index (χ4v) is 4.13. The van der Waals surface area contributed by atoms with E-state index < -0.39 is 0 Å². The Bertz CT molecular complexity index is 1020. The molecule has 6 heteroatoms. The highest BCUT2D eigenvalue weighted by molar-refractivity contribution is 5.80. The summed E-state index contributed by atoms with van der Waals surface area (Å²) in [5, 5.41) is 3.40. The Hall–Kier alpha value is -3.28. The molecule has 3 heterocycles. The third-order valence-electron chi connectivity index (χ3n) is 6.07.